The molecule has 0 saturated heterocycles. The van der Waals surface area contributed by atoms with Gasteiger partial charge in [0, 0.05) is 33.9 Å². The third kappa shape index (κ3) is 6.69. The second kappa shape index (κ2) is 11.9. The summed E-state index contributed by atoms with van der Waals surface area (Å²) in [5, 5.41) is 13.4. The van der Waals surface area contributed by atoms with E-state index in [0.29, 0.717) is 22.3 Å². The minimum atomic E-state index is 0.110. The Balaban J connectivity index is 1.92. The van der Waals surface area contributed by atoms with Crippen molar-refractivity contribution < 1.29 is 4.74 Å². The van der Waals surface area contributed by atoms with Gasteiger partial charge in [0.25, 0.3) is 0 Å². The van der Waals surface area contributed by atoms with Gasteiger partial charge in [-0.05, 0) is 67.5 Å². The molecule has 3 rings (SSSR count). The first kappa shape index (κ1) is 24.1. The number of nitriles is 1. The van der Waals surface area contributed by atoms with Crippen molar-refractivity contribution in [3.8, 4) is 28.6 Å². The Labute approximate surface area is 203 Å². The van der Waals surface area contributed by atoms with Gasteiger partial charge in [-0.2, -0.15) is 5.26 Å². The van der Waals surface area contributed by atoms with Crippen LogP contribution in [-0.4, -0.2) is 11.0 Å². The van der Waals surface area contributed by atoms with Gasteiger partial charge in [0.15, 0.2) is 0 Å². The molecule has 0 aliphatic carbocycles. The summed E-state index contributed by atoms with van der Waals surface area (Å²) in [6.45, 7) is 4.09. The molecular weight excluding hydrogens is 455 g/mol. The van der Waals surface area contributed by atoms with Crippen molar-refractivity contribution in [2.24, 2.45) is 4.99 Å². The van der Waals surface area contributed by atoms with Gasteiger partial charge in [0.05, 0.1) is 5.69 Å². The molecule has 0 aliphatic heterocycles. The van der Waals surface area contributed by atoms with Crippen molar-refractivity contribution >= 4 is 29.2 Å². The van der Waals surface area contributed by atoms with Crippen molar-refractivity contribution in [2.75, 3.05) is 0 Å². The zero-order valence-electron chi connectivity index (χ0n) is 18.2. The normalized spacial score (nSPS) is 12.0. The second-order valence-electron chi connectivity index (χ2n) is 6.92. The lowest BCUT2D eigenvalue weighted by Crippen LogP contribution is -2.25. The van der Waals surface area contributed by atoms with Crippen LogP contribution in [0.4, 0.5) is 0 Å². The number of allylic oxidation sites excluding steroid dienone is 3. The van der Waals surface area contributed by atoms with Crippen LogP contribution in [0, 0.1) is 11.5 Å². The van der Waals surface area contributed by atoms with Crippen LogP contribution in [0.2, 0.25) is 10.0 Å². The highest BCUT2D eigenvalue weighted by Gasteiger charge is 2.12. The summed E-state index contributed by atoms with van der Waals surface area (Å²) >= 11 is 12.2. The van der Waals surface area contributed by atoms with E-state index in [-0.39, 0.29) is 6.02 Å². The van der Waals surface area contributed by atoms with Crippen molar-refractivity contribution in [1.82, 2.24) is 10.3 Å². The molecule has 0 aliphatic rings. The molecule has 0 unspecified atom stereocenters. The summed E-state index contributed by atoms with van der Waals surface area (Å²) in [5.41, 5.74) is 4.58. The molecule has 5 nitrogen and oxygen atoms in total. The maximum absolute atomic E-state index is 9.02. The zero-order chi connectivity index (χ0) is 23.6. The summed E-state index contributed by atoms with van der Waals surface area (Å²) in [7, 11) is 0. The third-order valence-corrected chi connectivity index (χ3v) is 5.15. The molecule has 0 bridgehead atoms. The van der Waals surface area contributed by atoms with Crippen LogP contribution in [0.25, 0.3) is 22.4 Å². The molecule has 166 valence electrons. The Morgan fingerprint density at radius 2 is 1.70 bits per heavy atom. The summed E-state index contributed by atoms with van der Waals surface area (Å²) in [6.07, 6.45) is 8.96. The first-order valence-electron chi connectivity index (χ1n) is 10.2. The molecule has 3 aromatic rings. The van der Waals surface area contributed by atoms with E-state index in [2.05, 4.69) is 10.3 Å². The maximum Gasteiger partial charge on any atom is 0.305 e. The molecule has 0 spiro atoms. The van der Waals surface area contributed by atoms with Gasteiger partial charge in [-0.15, -0.1) is 4.99 Å². The van der Waals surface area contributed by atoms with Crippen LogP contribution in [-0.2, 0) is 11.3 Å². The fourth-order valence-electron chi connectivity index (χ4n) is 3.08. The minimum Gasteiger partial charge on any atom is -0.426 e. The molecule has 0 radical (unpaired) electrons. The Morgan fingerprint density at radius 3 is 2.27 bits per heavy atom. The van der Waals surface area contributed by atoms with E-state index >= 15 is 0 Å². The van der Waals surface area contributed by atoms with Crippen LogP contribution < -0.4 is 5.32 Å². The molecule has 1 N–H and O–H groups in total. The van der Waals surface area contributed by atoms with Gasteiger partial charge < -0.3 is 10.1 Å². The summed E-state index contributed by atoms with van der Waals surface area (Å²) in [4.78, 5) is 8.46. The Bertz CT molecular complexity index is 1220. The lowest BCUT2D eigenvalue weighted by Gasteiger charge is -2.14. The van der Waals surface area contributed by atoms with E-state index in [4.69, 9.17) is 38.2 Å². The number of halogens is 2. The van der Waals surface area contributed by atoms with Gasteiger partial charge in [0.2, 0.25) is 6.19 Å². The second-order valence-corrected chi connectivity index (χ2v) is 7.79. The van der Waals surface area contributed by atoms with Crippen molar-refractivity contribution in [1.29, 1.82) is 5.26 Å². The van der Waals surface area contributed by atoms with Crippen LogP contribution in [0.15, 0.2) is 89.8 Å². The third-order valence-electron chi connectivity index (χ3n) is 4.64. The van der Waals surface area contributed by atoms with Crippen LogP contribution >= 0.6 is 23.2 Å². The maximum atomic E-state index is 9.02. The summed E-state index contributed by atoms with van der Waals surface area (Å²) in [5.74, 6) is 0.581. The first-order chi connectivity index (χ1) is 16.0. The van der Waals surface area contributed by atoms with E-state index < -0.39 is 0 Å². The quantitative estimate of drug-likeness (QED) is 0.135. The van der Waals surface area contributed by atoms with Crippen molar-refractivity contribution in [3.05, 3.63) is 100 Å². The zero-order valence-corrected chi connectivity index (χ0v) is 19.7. The highest BCUT2D eigenvalue weighted by Crippen LogP contribution is 2.32. The Hall–Kier alpha value is -3.59. The largest absolute Gasteiger partial charge is 0.426 e. The fraction of sp³-hybridized carbons (Fsp3) is 0.115. The smallest absolute Gasteiger partial charge is 0.305 e. The Morgan fingerprint density at radius 1 is 1.06 bits per heavy atom. The number of nitrogens with one attached hydrogen (secondary N) is 1. The molecule has 1 aromatic heterocycles. The number of rotatable bonds is 6. The van der Waals surface area contributed by atoms with Gasteiger partial charge in [-0.25, -0.2) is 0 Å². The highest BCUT2D eigenvalue weighted by molar-refractivity contribution is 6.31. The lowest BCUT2D eigenvalue weighted by molar-refractivity contribution is 0.408. The van der Waals surface area contributed by atoms with Crippen LogP contribution in [0.5, 0.6) is 0 Å². The minimum absolute atomic E-state index is 0.110. The predicted molar refractivity (Wildman–Crippen MR) is 135 cm³/mol. The molecule has 7 heteroatoms. The number of hydrogen-bond acceptors (Lipinski definition) is 4. The topological polar surface area (TPSA) is 70.3 Å². The summed E-state index contributed by atoms with van der Waals surface area (Å²) < 4.78 is 5.68. The summed E-state index contributed by atoms with van der Waals surface area (Å²) in [6, 6.07) is 17.3. The van der Waals surface area contributed by atoms with Gasteiger partial charge in [-0.3, -0.25) is 4.98 Å². The molecular formula is C26H22Cl2N4O. The number of amidine groups is 1. The van der Waals surface area contributed by atoms with Crippen LogP contribution in [0.3, 0.4) is 0 Å². The van der Waals surface area contributed by atoms with Crippen LogP contribution in [0.1, 0.15) is 19.4 Å². The Kier molecular flexibility index (Phi) is 8.65. The number of hydrogen-bond donors (Lipinski definition) is 1. The lowest BCUT2D eigenvalue weighted by atomic mass is 9.98. The van der Waals surface area contributed by atoms with Gasteiger partial charge in [-0.1, -0.05) is 53.5 Å². The molecule has 0 amide bonds. The standard InChI is InChI=1S/C26H22Cl2N4O/c1-3-5-23(4-2)33-26(32-17-29)31-16-18-14-24(19-6-10-21(27)11-7-19)25(30-15-18)20-8-12-22(28)13-9-20/h3-15H,16H2,1-2H3,(H,31,32)/b5-3-,23-4+. The van der Waals surface area contributed by atoms with E-state index in [1.54, 1.807) is 24.5 Å². The first-order valence-corrected chi connectivity index (χ1v) is 11.0. The van der Waals surface area contributed by atoms with E-state index in [9.17, 15) is 0 Å². The number of aromatic nitrogens is 1. The molecule has 0 saturated carbocycles. The number of pyridine rings is 1. The van der Waals surface area contributed by atoms with Crippen molar-refractivity contribution in [3.63, 3.8) is 0 Å². The predicted octanol–water partition coefficient (Wildman–Crippen LogP) is 7.15. The number of nitrogens with zero attached hydrogens (tertiary/aromatic N) is 3. The van der Waals surface area contributed by atoms with Gasteiger partial charge >= 0.3 is 6.02 Å². The SMILES string of the molecule is C/C=C\C(=C/C)O/C(=N\C#N)NCc1cnc(-c2ccc(Cl)cc2)c(-c2ccc(Cl)cc2)c1. The monoisotopic (exact) mass is 476 g/mol. The molecule has 33 heavy (non-hydrogen) atoms. The van der Waals surface area contributed by atoms with E-state index in [1.807, 2.05) is 74.5 Å². The average Bonchev–Trinajstić information content (AvgIpc) is 2.83. The molecule has 1 heterocycles. The number of aliphatic imine (C=N–C) groups is 1. The van der Waals surface area contributed by atoms with Gasteiger partial charge in [0.1, 0.15) is 5.76 Å². The van der Waals surface area contributed by atoms with E-state index in [1.165, 1.54) is 0 Å². The number of ether oxygens (including phenoxy) is 1. The molecule has 0 atom stereocenters. The molecule has 0 fully saturated rings. The van der Waals surface area contributed by atoms with E-state index in [0.717, 1.165) is 27.9 Å². The number of benzene rings is 2. The average molecular weight is 477 g/mol. The fourth-order valence-corrected chi connectivity index (χ4v) is 3.33. The highest BCUT2D eigenvalue weighted by atomic mass is 35.5. The molecule has 2 aromatic carbocycles. The van der Waals surface area contributed by atoms with Crippen molar-refractivity contribution in [2.45, 2.75) is 20.4 Å².